The Morgan fingerprint density at radius 3 is 2.47 bits per heavy atom. The van der Waals surface area contributed by atoms with Crippen molar-refractivity contribution in [1.82, 2.24) is 5.32 Å². The molecule has 0 unspecified atom stereocenters. The minimum absolute atomic E-state index is 0.278. The Kier molecular flexibility index (Phi) is 13.5. The molecule has 32 heavy (non-hydrogen) atoms. The third kappa shape index (κ3) is 9.09. The van der Waals surface area contributed by atoms with E-state index in [2.05, 4.69) is 64.6 Å². The number of nitriles is 1. The first kappa shape index (κ1) is 27.2. The number of aryl methyl sites for hydroxylation is 1. The van der Waals surface area contributed by atoms with Crippen molar-refractivity contribution < 1.29 is 9.90 Å². The number of thiophene rings is 1. The van der Waals surface area contributed by atoms with Gasteiger partial charge in [0.1, 0.15) is 0 Å². The van der Waals surface area contributed by atoms with Gasteiger partial charge in [-0.05, 0) is 53.7 Å². The van der Waals surface area contributed by atoms with Crippen LogP contribution < -0.4 is 5.32 Å². The lowest BCUT2D eigenvalue weighted by Gasteiger charge is -2.06. The van der Waals surface area contributed by atoms with Crippen molar-refractivity contribution in [2.24, 2.45) is 0 Å². The van der Waals surface area contributed by atoms with Crippen LogP contribution in [0.5, 0.6) is 0 Å². The van der Waals surface area contributed by atoms with E-state index in [0.717, 1.165) is 24.8 Å². The number of alkyl halides is 1. The van der Waals surface area contributed by atoms with Crippen molar-refractivity contribution >= 4 is 33.2 Å². The van der Waals surface area contributed by atoms with Gasteiger partial charge in [0.05, 0.1) is 17.2 Å². The molecule has 0 radical (unpaired) electrons. The zero-order valence-electron chi connectivity index (χ0n) is 18.6. The Balaban J connectivity index is 0.000000300. The standard InChI is InChI=1S/C13H19N.C12H7NO2S.CH3Br/c1-3-7-13(14-2)11-10-12-8-5-4-6-9-12;13-5-8-2-1-3-9(4-8)10-6-16-7-11(10)12(14)15;1-2/h4-9,14H,3,10-11H2,1-2H3;1-4,6-7H,(H,14,15);1H3/b13-7-;;. The summed E-state index contributed by atoms with van der Waals surface area (Å²) in [7, 11) is 1.99. The van der Waals surface area contributed by atoms with Gasteiger partial charge >= 0.3 is 5.97 Å². The molecule has 1 aromatic heterocycles. The van der Waals surface area contributed by atoms with Gasteiger partial charge in [0.2, 0.25) is 0 Å². The molecular weight excluding hydrogens is 484 g/mol. The Morgan fingerprint density at radius 2 is 1.88 bits per heavy atom. The molecule has 0 saturated heterocycles. The van der Waals surface area contributed by atoms with Crippen molar-refractivity contribution in [2.45, 2.75) is 26.2 Å². The fourth-order valence-electron chi connectivity index (χ4n) is 2.94. The number of carboxylic acids is 1. The molecule has 0 spiro atoms. The van der Waals surface area contributed by atoms with Crippen LogP contribution in [0.4, 0.5) is 0 Å². The van der Waals surface area contributed by atoms with Crippen LogP contribution in [0.3, 0.4) is 0 Å². The zero-order valence-corrected chi connectivity index (χ0v) is 21.0. The number of carbonyl (C=O) groups is 1. The van der Waals surface area contributed by atoms with Gasteiger partial charge in [-0.1, -0.05) is 71.4 Å². The fraction of sp³-hybridized carbons (Fsp3) is 0.231. The topological polar surface area (TPSA) is 73.1 Å². The number of rotatable bonds is 7. The van der Waals surface area contributed by atoms with E-state index in [0.29, 0.717) is 11.1 Å². The van der Waals surface area contributed by atoms with E-state index in [4.69, 9.17) is 10.4 Å². The SMILES string of the molecule is CBr.CC/C=C(/CCc1ccccc1)NC.N#Cc1cccc(-c2cscc2C(=O)O)c1. The molecule has 0 fully saturated rings. The van der Waals surface area contributed by atoms with Crippen molar-refractivity contribution in [3.63, 3.8) is 0 Å². The molecule has 3 aromatic rings. The Labute approximate surface area is 203 Å². The highest BCUT2D eigenvalue weighted by molar-refractivity contribution is 9.08. The lowest BCUT2D eigenvalue weighted by molar-refractivity contribution is 0.0698. The molecule has 1 heterocycles. The van der Waals surface area contributed by atoms with Gasteiger partial charge in [-0.15, -0.1) is 0 Å². The van der Waals surface area contributed by atoms with E-state index in [1.165, 1.54) is 22.6 Å². The molecule has 0 aliphatic heterocycles. The summed E-state index contributed by atoms with van der Waals surface area (Å²) >= 11 is 4.28. The number of benzene rings is 2. The molecule has 2 aromatic carbocycles. The van der Waals surface area contributed by atoms with Crippen molar-refractivity contribution in [3.8, 4) is 17.2 Å². The molecule has 168 valence electrons. The Hall–Kier alpha value is -2.88. The molecule has 0 amide bonds. The average Bonchev–Trinajstić information content (AvgIpc) is 3.35. The minimum Gasteiger partial charge on any atom is -0.478 e. The van der Waals surface area contributed by atoms with Crippen LogP contribution in [0.1, 0.15) is 41.3 Å². The lowest BCUT2D eigenvalue weighted by atomic mass is 10.0. The summed E-state index contributed by atoms with van der Waals surface area (Å²) in [6.07, 6.45) is 5.58. The molecule has 0 atom stereocenters. The largest absolute Gasteiger partial charge is 0.478 e. The number of allylic oxidation sites excluding steroid dienone is 2. The first-order chi connectivity index (χ1) is 15.6. The molecule has 2 N–H and O–H groups in total. The van der Waals surface area contributed by atoms with E-state index in [-0.39, 0.29) is 5.56 Å². The maximum absolute atomic E-state index is 11.0. The first-order valence-electron chi connectivity index (χ1n) is 10.2. The second-order valence-electron chi connectivity index (χ2n) is 6.57. The van der Waals surface area contributed by atoms with Crippen LogP contribution >= 0.6 is 27.3 Å². The van der Waals surface area contributed by atoms with E-state index in [1.807, 2.05) is 18.9 Å². The number of aromatic carboxylic acids is 1. The summed E-state index contributed by atoms with van der Waals surface area (Å²) in [5.74, 6) is 0.867. The summed E-state index contributed by atoms with van der Waals surface area (Å²) < 4.78 is 0. The lowest BCUT2D eigenvalue weighted by Crippen LogP contribution is -2.06. The van der Waals surface area contributed by atoms with Crippen LogP contribution in [0.2, 0.25) is 0 Å². The van der Waals surface area contributed by atoms with Crippen molar-refractivity contribution in [3.05, 3.63) is 93.8 Å². The third-order valence-corrected chi connectivity index (χ3v) is 5.24. The van der Waals surface area contributed by atoms with Crippen molar-refractivity contribution in [2.75, 3.05) is 12.9 Å². The molecule has 0 saturated carbocycles. The number of halogens is 1. The monoisotopic (exact) mass is 512 g/mol. The maximum atomic E-state index is 11.0. The number of nitrogens with one attached hydrogen (secondary N) is 1. The van der Waals surface area contributed by atoms with E-state index in [9.17, 15) is 4.79 Å². The number of hydrogen-bond donors (Lipinski definition) is 2. The van der Waals surface area contributed by atoms with Crippen LogP contribution in [0, 0.1) is 11.3 Å². The Morgan fingerprint density at radius 1 is 1.16 bits per heavy atom. The first-order valence-corrected chi connectivity index (χ1v) is 12.7. The third-order valence-electron chi connectivity index (χ3n) is 4.49. The summed E-state index contributed by atoms with van der Waals surface area (Å²) in [5.41, 5.74) is 4.98. The van der Waals surface area contributed by atoms with Gasteiger partial charge in [-0.25, -0.2) is 4.79 Å². The number of carboxylic acid groups (broad SMARTS) is 1. The zero-order chi connectivity index (χ0) is 23.8. The van der Waals surface area contributed by atoms with Crippen LogP contribution in [0.15, 0.2) is 77.1 Å². The van der Waals surface area contributed by atoms with Gasteiger partial charge in [0, 0.05) is 23.7 Å². The molecule has 3 rings (SSSR count). The van der Waals surface area contributed by atoms with Gasteiger partial charge in [0.15, 0.2) is 0 Å². The maximum Gasteiger partial charge on any atom is 0.337 e. The summed E-state index contributed by atoms with van der Waals surface area (Å²) in [5, 5.41) is 24.4. The quantitative estimate of drug-likeness (QED) is 0.330. The van der Waals surface area contributed by atoms with Gasteiger partial charge in [-0.3, -0.25) is 0 Å². The fourth-order valence-corrected chi connectivity index (χ4v) is 3.77. The summed E-state index contributed by atoms with van der Waals surface area (Å²) in [6.45, 7) is 2.17. The highest BCUT2D eigenvalue weighted by Gasteiger charge is 2.12. The number of nitrogens with zero attached hydrogens (tertiary/aromatic N) is 1. The van der Waals surface area contributed by atoms with E-state index >= 15 is 0 Å². The smallest absolute Gasteiger partial charge is 0.337 e. The highest BCUT2D eigenvalue weighted by Crippen LogP contribution is 2.27. The predicted molar refractivity (Wildman–Crippen MR) is 138 cm³/mol. The molecule has 0 bridgehead atoms. The summed E-state index contributed by atoms with van der Waals surface area (Å²) in [6, 6.07) is 19.6. The van der Waals surface area contributed by atoms with Crippen LogP contribution in [0.25, 0.3) is 11.1 Å². The Bertz CT molecular complexity index is 1020. The predicted octanol–water partition coefficient (Wildman–Crippen LogP) is 7.13. The van der Waals surface area contributed by atoms with Crippen molar-refractivity contribution in [1.29, 1.82) is 5.26 Å². The molecule has 6 heteroatoms. The van der Waals surface area contributed by atoms with E-state index in [1.54, 1.807) is 35.0 Å². The second-order valence-corrected chi connectivity index (χ2v) is 7.31. The summed E-state index contributed by atoms with van der Waals surface area (Å²) in [4.78, 5) is 11.0. The van der Waals surface area contributed by atoms with Crippen LogP contribution in [-0.4, -0.2) is 24.0 Å². The minimum atomic E-state index is -0.946. The van der Waals surface area contributed by atoms with Gasteiger partial charge in [0.25, 0.3) is 0 Å². The normalized spacial score (nSPS) is 10.0. The van der Waals surface area contributed by atoms with Gasteiger partial charge < -0.3 is 10.4 Å². The number of hydrogen-bond acceptors (Lipinski definition) is 4. The molecule has 0 aliphatic rings. The van der Waals surface area contributed by atoms with Crippen LogP contribution in [-0.2, 0) is 6.42 Å². The van der Waals surface area contributed by atoms with Gasteiger partial charge in [-0.2, -0.15) is 16.6 Å². The molecular formula is C26H29BrN2O2S. The van der Waals surface area contributed by atoms with E-state index < -0.39 is 5.97 Å². The second kappa shape index (κ2) is 15.9. The molecule has 4 nitrogen and oxygen atoms in total. The molecule has 0 aliphatic carbocycles. The highest BCUT2D eigenvalue weighted by atomic mass is 79.9. The average molecular weight is 514 g/mol.